The molecule has 1 aromatic rings. The van der Waals surface area contributed by atoms with Crippen LogP contribution in [0.4, 0.5) is 11.4 Å². The first-order valence-corrected chi connectivity index (χ1v) is 7.94. The minimum absolute atomic E-state index is 0.0524. The number of carboxylic acids is 2. The van der Waals surface area contributed by atoms with Gasteiger partial charge in [-0.3, -0.25) is 29.8 Å². The van der Waals surface area contributed by atoms with Crippen molar-refractivity contribution in [3.63, 3.8) is 0 Å². The third kappa shape index (κ3) is 4.58. The second kappa shape index (κ2) is 8.58. The van der Waals surface area contributed by atoms with E-state index in [4.69, 9.17) is 5.11 Å². The Labute approximate surface area is 157 Å². The molecule has 0 fully saturated rings. The minimum Gasteiger partial charge on any atom is -0.481 e. The van der Waals surface area contributed by atoms with Crippen molar-refractivity contribution in [2.24, 2.45) is 5.92 Å². The number of nitrogens with one attached hydrogen (secondary N) is 1. The van der Waals surface area contributed by atoms with E-state index < -0.39 is 45.5 Å². The van der Waals surface area contributed by atoms with Crippen molar-refractivity contribution in [1.29, 1.82) is 0 Å². The Balaban J connectivity index is 2.68. The van der Waals surface area contributed by atoms with Crippen molar-refractivity contribution in [2.45, 2.75) is 12.8 Å². The van der Waals surface area contributed by atoms with Crippen LogP contribution in [0.2, 0.25) is 0 Å². The number of nitro benzene ring substituents is 2. The zero-order chi connectivity index (χ0) is 20.8. The first kappa shape index (κ1) is 20.3. The van der Waals surface area contributed by atoms with Gasteiger partial charge in [0.15, 0.2) is 0 Å². The van der Waals surface area contributed by atoms with Gasteiger partial charge in [0.2, 0.25) is 0 Å². The number of carboxylic acid groups (broad SMARTS) is 2. The summed E-state index contributed by atoms with van der Waals surface area (Å²) in [6.07, 6.45) is 5.20. The fraction of sp³-hybridized carbons (Fsp3) is 0.176. The number of carbonyl (C=O) groups is 2. The van der Waals surface area contributed by atoms with Gasteiger partial charge in [0, 0.05) is 18.7 Å². The molecular formula is C17H15N3O8. The van der Waals surface area contributed by atoms with Gasteiger partial charge in [0.1, 0.15) is 0 Å². The summed E-state index contributed by atoms with van der Waals surface area (Å²) in [7, 11) is 0. The van der Waals surface area contributed by atoms with E-state index in [-0.39, 0.29) is 23.3 Å². The van der Waals surface area contributed by atoms with Crippen LogP contribution in [0.3, 0.4) is 0 Å². The van der Waals surface area contributed by atoms with E-state index in [0.717, 1.165) is 18.2 Å². The number of nitrogens with zero attached hydrogens (tertiary/aromatic N) is 2. The molecule has 0 spiro atoms. The Morgan fingerprint density at radius 1 is 1.11 bits per heavy atom. The zero-order valence-electron chi connectivity index (χ0n) is 14.3. The minimum atomic E-state index is -1.30. The Morgan fingerprint density at radius 3 is 2.39 bits per heavy atom. The molecule has 1 unspecified atom stereocenters. The Hall–Kier alpha value is -4.02. The topological polar surface area (TPSA) is 173 Å². The molecule has 1 aromatic carbocycles. The molecule has 0 saturated heterocycles. The van der Waals surface area contributed by atoms with Gasteiger partial charge in [-0.2, -0.15) is 0 Å². The molecule has 11 nitrogen and oxygen atoms in total. The summed E-state index contributed by atoms with van der Waals surface area (Å²) in [5, 5.41) is 43.6. The molecule has 1 heterocycles. The van der Waals surface area contributed by atoms with Crippen LogP contribution in [0.1, 0.15) is 18.4 Å². The van der Waals surface area contributed by atoms with Gasteiger partial charge in [-0.15, -0.1) is 0 Å². The molecular weight excluding hydrogens is 374 g/mol. The Kier molecular flexibility index (Phi) is 6.22. The molecule has 11 heteroatoms. The molecule has 146 valence electrons. The zero-order valence-corrected chi connectivity index (χ0v) is 14.3. The lowest BCUT2D eigenvalue weighted by atomic mass is 9.89. The highest BCUT2D eigenvalue weighted by Gasteiger charge is 2.29. The van der Waals surface area contributed by atoms with Crippen molar-refractivity contribution in [3.8, 4) is 0 Å². The summed E-state index contributed by atoms with van der Waals surface area (Å²) < 4.78 is 0. The second-order valence-corrected chi connectivity index (χ2v) is 5.73. The Bertz CT molecular complexity index is 932. The van der Waals surface area contributed by atoms with E-state index in [0.29, 0.717) is 0 Å². The number of benzene rings is 1. The van der Waals surface area contributed by atoms with E-state index >= 15 is 0 Å². The molecule has 1 aliphatic rings. The standard InChI is InChI=1S/C17H15N3O8/c21-15(22)7-6-12(17(23)24)11-3-1-2-8-18-16(11)13-5-4-10(19(25)26)9-14(13)20(27)28/h1-5,8-9,12,18H,6-7H2,(H,21,22)(H,23,24). The van der Waals surface area contributed by atoms with E-state index in [1.54, 1.807) is 0 Å². The van der Waals surface area contributed by atoms with Gasteiger partial charge >= 0.3 is 11.9 Å². The maximum Gasteiger partial charge on any atom is 0.311 e. The molecule has 0 amide bonds. The van der Waals surface area contributed by atoms with Gasteiger partial charge in [-0.25, -0.2) is 0 Å². The molecule has 0 saturated carbocycles. The lowest BCUT2D eigenvalue weighted by Gasteiger charge is -2.18. The molecule has 0 aromatic heterocycles. The summed E-state index contributed by atoms with van der Waals surface area (Å²) in [6.45, 7) is 0. The van der Waals surface area contributed by atoms with Gasteiger partial charge in [0.25, 0.3) is 11.4 Å². The highest BCUT2D eigenvalue weighted by atomic mass is 16.6. The molecule has 0 aliphatic carbocycles. The fourth-order valence-corrected chi connectivity index (χ4v) is 2.71. The van der Waals surface area contributed by atoms with Gasteiger partial charge in [-0.05, 0) is 24.1 Å². The van der Waals surface area contributed by atoms with Crippen molar-refractivity contribution in [2.75, 3.05) is 0 Å². The summed E-state index contributed by atoms with van der Waals surface area (Å²) in [5.74, 6) is -3.74. The number of hydrogen-bond donors (Lipinski definition) is 3. The number of non-ortho nitro benzene ring substituents is 1. The number of hydrogen-bond acceptors (Lipinski definition) is 7. The first-order chi connectivity index (χ1) is 13.2. The van der Waals surface area contributed by atoms with Crippen LogP contribution < -0.4 is 5.32 Å². The van der Waals surface area contributed by atoms with Crippen LogP contribution in [0.15, 0.2) is 48.2 Å². The van der Waals surface area contributed by atoms with Crippen molar-refractivity contribution in [3.05, 3.63) is 74.0 Å². The lowest BCUT2D eigenvalue weighted by molar-refractivity contribution is -0.394. The highest BCUT2D eigenvalue weighted by Crippen LogP contribution is 2.34. The fourth-order valence-electron chi connectivity index (χ4n) is 2.71. The normalized spacial score (nSPS) is 14.1. The summed E-state index contributed by atoms with van der Waals surface area (Å²) >= 11 is 0. The quantitative estimate of drug-likeness (QED) is 0.445. The molecule has 0 bridgehead atoms. The molecule has 0 radical (unpaired) electrons. The SMILES string of the molecule is O=C(O)CCC(C(=O)O)C1=C(c2ccc([N+](=O)[O-])cc2[N+](=O)[O-])NC=CC=C1. The van der Waals surface area contributed by atoms with Crippen LogP contribution in [0, 0.1) is 26.1 Å². The maximum absolute atomic E-state index is 11.7. The van der Waals surface area contributed by atoms with Crippen LogP contribution in [0.5, 0.6) is 0 Å². The smallest absolute Gasteiger partial charge is 0.311 e. The molecule has 3 N–H and O–H groups in total. The summed E-state index contributed by atoms with van der Waals surface area (Å²) in [6, 6.07) is 3.01. The molecule has 1 atom stereocenters. The third-order valence-electron chi connectivity index (χ3n) is 3.98. The van der Waals surface area contributed by atoms with Crippen LogP contribution in [0.25, 0.3) is 5.70 Å². The maximum atomic E-state index is 11.7. The van der Waals surface area contributed by atoms with Gasteiger partial charge in [-0.1, -0.05) is 12.2 Å². The van der Waals surface area contributed by atoms with Crippen LogP contribution in [-0.2, 0) is 9.59 Å². The number of rotatable bonds is 8. The van der Waals surface area contributed by atoms with Crippen LogP contribution >= 0.6 is 0 Å². The van der Waals surface area contributed by atoms with E-state index in [1.165, 1.54) is 24.4 Å². The third-order valence-corrected chi connectivity index (χ3v) is 3.98. The number of aliphatic carboxylic acids is 2. The number of allylic oxidation sites excluding steroid dienone is 3. The predicted molar refractivity (Wildman–Crippen MR) is 96.1 cm³/mol. The monoisotopic (exact) mass is 389 g/mol. The number of nitro groups is 2. The summed E-state index contributed by atoms with van der Waals surface area (Å²) in [5.41, 5.74) is -0.943. The average molecular weight is 389 g/mol. The van der Waals surface area contributed by atoms with E-state index in [9.17, 15) is 34.9 Å². The van der Waals surface area contributed by atoms with Crippen molar-refractivity contribution in [1.82, 2.24) is 5.32 Å². The first-order valence-electron chi connectivity index (χ1n) is 7.94. The highest BCUT2D eigenvalue weighted by molar-refractivity contribution is 5.85. The van der Waals surface area contributed by atoms with Crippen LogP contribution in [-0.4, -0.2) is 32.0 Å². The largest absolute Gasteiger partial charge is 0.481 e. The molecule has 2 rings (SSSR count). The average Bonchev–Trinajstić information content (AvgIpc) is 2.86. The molecule has 28 heavy (non-hydrogen) atoms. The van der Waals surface area contributed by atoms with E-state index in [1.807, 2.05) is 0 Å². The molecule has 1 aliphatic heterocycles. The van der Waals surface area contributed by atoms with E-state index in [2.05, 4.69) is 5.32 Å². The van der Waals surface area contributed by atoms with Gasteiger partial charge < -0.3 is 15.5 Å². The van der Waals surface area contributed by atoms with Gasteiger partial charge in [0.05, 0.1) is 33.1 Å². The Morgan fingerprint density at radius 2 is 1.82 bits per heavy atom. The lowest BCUT2D eigenvalue weighted by Crippen LogP contribution is -2.21. The van der Waals surface area contributed by atoms with Crippen molar-refractivity contribution < 1.29 is 29.6 Å². The predicted octanol–water partition coefficient (Wildman–Crippen LogP) is 2.45. The van der Waals surface area contributed by atoms with Crippen molar-refractivity contribution >= 4 is 29.0 Å². The summed E-state index contributed by atoms with van der Waals surface area (Å²) in [4.78, 5) is 43.4. The second-order valence-electron chi connectivity index (χ2n) is 5.73.